The summed E-state index contributed by atoms with van der Waals surface area (Å²) in [6, 6.07) is 16.9. The molecular weight excluding hydrogens is 250 g/mol. The molecule has 0 N–H and O–H groups in total. The second-order valence-corrected chi connectivity index (χ2v) is 4.56. The van der Waals surface area contributed by atoms with Crippen molar-refractivity contribution >= 4 is 10.8 Å². The molecule has 0 aliphatic carbocycles. The van der Waals surface area contributed by atoms with Gasteiger partial charge in [0.05, 0.1) is 38.9 Å². The van der Waals surface area contributed by atoms with Gasteiger partial charge in [-0.2, -0.15) is 5.26 Å². The van der Waals surface area contributed by atoms with Crippen LogP contribution in [0.15, 0.2) is 42.5 Å². The Morgan fingerprint density at radius 3 is 2.40 bits per heavy atom. The van der Waals surface area contributed by atoms with Gasteiger partial charge in [-0.15, -0.1) is 0 Å². The Bertz CT molecular complexity index is 574. The number of nitrogens with zero attached hydrogens (tertiary/aromatic N) is 1. The van der Waals surface area contributed by atoms with Crippen LogP contribution in [-0.2, 0) is 15.9 Å². The fourth-order valence-corrected chi connectivity index (χ4v) is 2.02. The van der Waals surface area contributed by atoms with Gasteiger partial charge in [0.25, 0.3) is 0 Å². The highest BCUT2D eigenvalue weighted by Crippen LogP contribution is 2.15. The summed E-state index contributed by atoms with van der Waals surface area (Å²) in [5.74, 6) is 0. The third kappa shape index (κ3) is 4.65. The van der Waals surface area contributed by atoms with Crippen LogP contribution in [0.4, 0.5) is 0 Å². The quantitative estimate of drug-likeness (QED) is 0.690. The minimum absolute atomic E-state index is 0.442. The van der Waals surface area contributed by atoms with Crippen LogP contribution in [0.5, 0.6) is 0 Å². The Labute approximate surface area is 119 Å². The Hall–Kier alpha value is -1.89. The average molecular weight is 269 g/mol. The molecule has 0 heterocycles. The molecule has 104 valence electrons. The zero-order valence-electron chi connectivity index (χ0n) is 11.5. The Morgan fingerprint density at radius 2 is 1.60 bits per heavy atom. The molecule has 0 atom stereocenters. The molecule has 0 fully saturated rings. The maximum absolute atomic E-state index is 8.35. The van der Waals surface area contributed by atoms with Crippen molar-refractivity contribution in [3.8, 4) is 6.07 Å². The van der Waals surface area contributed by atoms with E-state index in [0.717, 1.165) is 6.42 Å². The van der Waals surface area contributed by atoms with Crippen molar-refractivity contribution in [1.29, 1.82) is 5.26 Å². The number of fused-ring (bicyclic) bond motifs is 1. The summed E-state index contributed by atoms with van der Waals surface area (Å²) >= 11 is 0. The van der Waals surface area contributed by atoms with Gasteiger partial charge in [-0.05, 0) is 22.8 Å². The first-order valence-corrected chi connectivity index (χ1v) is 6.90. The van der Waals surface area contributed by atoms with Crippen LogP contribution >= 0.6 is 0 Å². The van der Waals surface area contributed by atoms with Crippen molar-refractivity contribution in [1.82, 2.24) is 0 Å². The zero-order chi connectivity index (χ0) is 14.0. The molecule has 0 aromatic heterocycles. The molecule has 20 heavy (non-hydrogen) atoms. The second-order valence-electron chi connectivity index (χ2n) is 4.56. The minimum atomic E-state index is 0.442. The molecule has 0 unspecified atom stereocenters. The third-order valence-corrected chi connectivity index (χ3v) is 3.08. The maximum atomic E-state index is 8.35. The molecule has 3 heteroatoms. The summed E-state index contributed by atoms with van der Waals surface area (Å²) in [7, 11) is 0. The van der Waals surface area contributed by atoms with Gasteiger partial charge in [0, 0.05) is 0 Å². The molecule has 3 nitrogen and oxygen atoms in total. The summed E-state index contributed by atoms with van der Waals surface area (Å²) in [4.78, 5) is 0. The van der Waals surface area contributed by atoms with E-state index in [9.17, 15) is 0 Å². The molecule has 2 aromatic rings. The molecular formula is C17H19NO2. The van der Waals surface area contributed by atoms with Gasteiger partial charge < -0.3 is 9.47 Å². The van der Waals surface area contributed by atoms with Gasteiger partial charge in [0.15, 0.2) is 0 Å². The molecule has 0 aliphatic heterocycles. The Morgan fingerprint density at radius 1 is 0.850 bits per heavy atom. The van der Waals surface area contributed by atoms with Crippen molar-refractivity contribution in [3.05, 3.63) is 48.0 Å². The van der Waals surface area contributed by atoms with E-state index < -0.39 is 0 Å². The van der Waals surface area contributed by atoms with Gasteiger partial charge in [-0.1, -0.05) is 42.5 Å². The van der Waals surface area contributed by atoms with Crippen LogP contribution in [0.25, 0.3) is 10.8 Å². The van der Waals surface area contributed by atoms with E-state index in [1.54, 1.807) is 0 Å². The van der Waals surface area contributed by atoms with E-state index in [4.69, 9.17) is 14.7 Å². The van der Waals surface area contributed by atoms with Crippen LogP contribution in [0, 0.1) is 11.3 Å². The van der Waals surface area contributed by atoms with E-state index in [2.05, 4.69) is 42.5 Å². The summed E-state index contributed by atoms with van der Waals surface area (Å²) in [6.45, 7) is 2.32. The maximum Gasteiger partial charge on any atom is 0.0700 e. The number of ether oxygens (including phenoxy) is 2. The average Bonchev–Trinajstić information content (AvgIpc) is 2.50. The van der Waals surface area contributed by atoms with E-state index in [-0.39, 0.29) is 0 Å². The van der Waals surface area contributed by atoms with E-state index in [0.29, 0.717) is 32.8 Å². The van der Waals surface area contributed by atoms with Crippen LogP contribution in [0.1, 0.15) is 12.0 Å². The van der Waals surface area contributed by atoms with Crippen LogP contribution in [-0.4, -0.2) is 26.4 Å². The van der Waals surface area contributed by atoms with Crippen LogP contribution < -0.4 is 0 Å². The number of nitriles is 1. The highest BCUT2D eigenvalue weighted by Gasteiger charge is 1.97. The summed E-state index contributed by atoms with van der Waals surface area (Å²) in [5, 5.41) is 10.9. The predicted molar refractivity (Wildman–Crippen MR) is 79.5 cm³/mol. The van der Waals surface area contributed by atoms with E-state index in [1.165, 1.54) is 16.3 Å². The van der Waals surface area contributed by atoms with Crippen molar-refractivity contribution in [2.75, 3.05) is 26.4 Å². The smallest absolute Gasteiger partial charge is 0.0700 e. The van der Waals surface area contributed by atoms with Crippen LogP contribution in [0.3, 0.4) is 0 Å². The highest BCUT2D eigenvalue weighted by atomic mass is 16.5. The lowest BCUT2D eigenvalue weighted by molar-refractivity contribution is 0.0510. The molecule has 0 aliphatic rings. The monoisotopic (exact) mass is 269 g/mol. The number of hydrogen-bond donors (Lipinski definition) is 0. The number of hydrogen-bond acceptors (Lipinski definition) is 3. The van der Waals surface area contributed by atoms with Crippen molar-refractivity contribution in [3.63, 3.8) is 0 Å². The lowest BCUT2D eigenvalue weighted by Crippen LogP contribution is -2.07. The van der Waals surface area contributed by atoms with Gasteiger partial charge in [-0.3, -0.25) is 0 Å². The first-order valence-electron chi connectivity index (χ1n) is 6.90. The molecule has 0 amide bonds. The molecule has 0 bridgehead atoms. The first kappa shape index (κ1) is 14.5. The fraction of sp³-hybridized carbons (Fsp3) is 0.353. The van der Waals surface area contributed by atoms with E-state index in [1.807, 2.05) is 6.07 Å². The molecule has 0 spiro atoms. The minimum Gasteiger partial charge on any atom is -0.379 e. The molecule has 0 saturated carbocycles. The van der Waals surface area contributed by atoms with Gasteiger partial charge in [0.1, 0.15) is 0 Å². The van der Waals surface area contributed by atoms with E-state index >= 15 is 0 Å². The predicted octanol–water partition coefficient (Wildman–Crippen LogP) is 3.33. The van der Waals surface area contributed by atoms with Crippen LogP contribution in [0.2, 0.25) is 0 Å². The van der Waals surface area contributed by atoms with Crippen molar-refractivity contribution in [2.45, 2.75) is 12.8 Å². The molecule has 0 saturated heterocycles. The SMILES string of the molecule is N#CCCOCCOCCc1ccc2ccccc2c1. The van der Waals surface area contributed by atoms with Gasteiger partial charge >= 0.3 is 0 Å². The third-order valence-electron chi connectivity index (χ3n) is 3.08. The lowest BCUT2D eigenvalue weighted by atomic mass is 10.1. The van der Waals surface area contributed by atoms with Crippen molar-refractivity contribution < 1.29 is 9.47 Å². The van der Waals surface area contributed by atoms with Gasteiger partial charge in [-0.25, -0.2) is 0 Å². The molecule has 0 radical (unpaired) electrons. The largest absolute Gasteiger partial charge is 0.379 e. The Kier molecular flexibility index (Phi) is 6.04. The van der Waals surface area contributed by atoms with Crippen molar-refractivity contribution in [2.24, 2.45) is 0 Å². The highest BCUT2D eigenvalue weighted by molar-refractivity contribution is 5.82. The van der Waals surface area contributed by atoms with Gasteiger partial charge in [0.2, 0.25) is 0 Å². The normalized spacial score (nSPS) is 10.6. The lowest BCUT2D eigenvalue weighted by Gasteiger charge is -2.06. The number of benzene rings is 2. The molecule has 2 aromatic carbocycles. The number of rotatable bonds is 8. The molecule has 2 rings (SSSR count). The fourth-order valence-electron chi connectivity index (χ4n) is 2.02. The zero-order valence-corrected chi connectivity index (χ0v) is 11.5. The topological polar surface area (TPSA) is 42.2 Å². The summed E-state index contributed by atoms with van der Waals surface area (Å²) in [5.41, 5.74) is 1.29. The first-order chi connectivity index (χ1) is 9.90. The summed E-state index contributed by atoms with van der Waals surface area (Å²) < 4.78 is 10.8. The second kappa shape index (κ2) is 8.31. The standard InChI is InChI=1S/C17H19NO2/c18-9-3-10-19-12-13-20-11-8-15-6-7-16-4-1-2-5-17(16)14-15/h1-2,4-7,14H,3,8,10-13H2. The Balaban J connectivity index is 1.67. The summed E-state index contributed by atoms with van der Waals surface area (Å²) in [6.07, 6.45) is 1.35.